The monoisotopic (exact) mass is 398 g/mol. The molecule has 1 amide bonds. The number of hydrogen-bond donors (Lipinski definition) is 1. The Morgan fingerprint density at radius 1 is 1.24 bits per heavy atom. The summed E-state index contributed by atoms with van der Waals surface area (Å²) >= 11 is 1.97. The Kier molecular flexibility index (Phi) is 4.73. The Morgan fingerprint density at radius 2 is 1.90 bits per heavy atom. The molecule has 0 bridgehead atoms. The van der Waals surface area contributed by atoms with Crippen LogP contribution in [0.2, 0.25) is 0 Å². The second-order valence-corrected chi connectivity index (χ2v) is 5.27. The van der Waals surface area contributed by atoms with Crippen LogP contribution in [0, 0.1) is 13.7 Å². The molecule has 21 heavy (non-hydrogen) atoms. The summed E-state index contributed by atoms with van der Waals surface area (Å²) < 4.78 is 5.67. The zero-order valence-corrected chi connectivity index (χ0v) is 13.2. The number of hydrogen-bond acceptors (Lipinski definition) is 4. The van der Waals surface area contributed by atoms with Gasteiger partial charge in [-0.25, -0.2) is 0 Å². The molecular formula is C14H11IN2O4. The fourth-order valence-electron chi connectivity index (χ4n) is 1.67. The van der Waals surface area contributed by atoms with E-state index in [1.807, 2.05) is 22.6 Å². The lowest BCUT2D eigenvalue weighted by atomic mass is 10.2. The number of carbonyl (C=O) groups excluding carboxylic acids is 1. The van der Waals surface area contributed by atoms with Crippen LogP contribution in [0.4, 0.5) is 11.4 Å². The summed E-state index contributed by atoms with van der Waals surface area (Å²) in [5.41, 5.74) is 0.735. The number of nitro benzene ring substituents is 1. The molecular weight excluding hydrogens is 387 g/mol. The molecule has 0 radical (unpaired) electrons. The summed E-state index contributed by atoms with van der Waals surface area (Å²) in [7, 11) is 1.55. The van der Waals surface area contributed by atoms with E-state index >= 15 is 0 Å². The Bertz CT molecular complexity index is 686. The largest absolute Gasteiger partial charge is 0.497 e. The summed E-state index contributed by atoms with van der Waals surface area (Å²) in [5.74, 6) is 0.284. The van der Waals surface area contributed by atoms with Crippen molar-refractivity contribution in [3.63, 3.8) is 0 Å². The van der Waals surface area contributed by atoms with E-state index in [0.717, 1.165) is 0 Å². The number of ether oxygens (including phenoxy) is 1. The van der Waals surface area contributed by atoms with Gasteiger partial charge in [0.2, 0.25) is 0 Å². The quantitative estimate of drug-likeness (QED) is 0.486. The standard InChI is InChI=1S/C14H11IN2O4/c1-21-11-5-2-9(3-6-11)16-14(18)12-8-10(17(19)20)4-7-13(12)15/h2-8H,1H3,(H,16,18). The lowest BCUT2D eigenvalue weighted by Crippen LogP contribution is -2.13. The van der Waals surface area contributed by atoms with Gasteiger partial charge in [-0.2, -0.15) is 0 Å². The number of halogens is 1. The first-order valence-corrected chi connectivity index (χ1v) is 6.98. The molecule has 0 heterocycles. The number of methoxy groups -OCH3 is 1. The van der Waals surface area contributed by atoms with Crippen molar-refractivity contribution in [2.75, 3.05) is 12.4 Å². The fourth-order valence-corrected chi connectivity index (χ4v) is 2.25. The van der Waals surface area contributed by atoms with Crippen molar-refractivity contribution in [3.8, 4) is 5.75 Å². The number of non-ortho nitro benzene ring substituents is 1. The van der Waals surface area contributed by atoms with Crippen molar-refractivity contribution >= 4 is 39.9 Å². The van der Waals surface area contributed by atoms with Crippen LogP contribution < -0.4 is 10.1 Å². The van der Waals surface area contributed by atoms with Crippen molar-refractivity contribution < 1.29 is 14.5 Å². The van der Waals surface area contributed by atoms with E-state index in [2.05, 4.69) is 5.32 Å². The highest BCUT2D eigenvalue weighted by molar-refractivity contribution is 14.1. The Balaban J connectivity index is 2.23. The van der Waals surface area contributed by atoms with Gasteiger partial charge in [0.05, 0.1) is 17.6 Å². The van der Waals surface area contributed by atoms with Crippen LogP contribution in [0.15, 0.2) is 42.5 Å². The topological polar surface area (TPSA) is 81.5 Å². The van der Waals surface area contributed by atoms with Crippen molar-refractivity contribution in [2.45, 2.75) is 0 Å². The molecule has 2 rings (SSSR count). The summed E-state index contributed by atoms with van der Waals surface area (Å²) in [6.45, 7) is 0. The van der Waals surface area contributed by atoms with Gasteiger partial charge in [0.25, 0.3) is 11.6 Å². The smallest absolute Gasteiger partial charge is 0.270 e. The van der Waals surface area contributed by atoms with Gasteiger partial charge in [-0.1, -0.05) is 0 Å². The zero-order chi connectivity index (χ0) is 15.4. The molecule has 0 aromatic heterocycles. The predicted octanol–water partition coefficient (Wildman–Crippen LogP) is 3.46. The molecule has 108 valence electrons. The van der Waals surface area contributed by atoms with E-state index in [0.29, 0.717) is 15.0 Å². The molecule has 2 aromatic rings. The van der Waals surface area contributed by atoms with E-state index in [1.54, 1.807) is 37.4 Å². The molecule has 2 aromatic carbocycles. The van der Waals surface area contributed by atoms with E-state index in [9.17, 15) is 14.9 Å². The van der Waals surface area contributed by atoms with Crippen molar-refractivity contribution in [1.82, 2.24) is 0 Å². The molecule has 0 saturated heterocycles. The van der Waals surface area contributed by atoms with E-state index in [4.69, 9.17) is 4.74 Å². The molecule has 0 atom stereocenters. The van der Waals surface area contributed by atoms with Crippen LogP contribution >= 0.6 is 22.6 Å². The molecule has 0 aliphatic heterocycles. The maximum Gasteiger partial charge on any atom is 0.270 e. The molecule has 1 N–H and O–H groups in total. The van der Waals surface area contributed by atoms with Gasteiger partial charge in [0.1, 0.15) is 5.75 Å². The van der Waals surface area contributed by atoms with Gasteiger partial charge in [-0.3, -0.25) is 14.9 Å². The molecule has 0 saturated carbocycles. The number of nitrogens with one attached hydrogen (secondary N) is 1. The zero-order valence-electron chi connectivity index (χ0n) is 11.0. The number of amides is 1. The van der Waals surface area contributed by atoms with Crippen molar-refractivity contribution in [2.24, 2.45) is 0 Å². The molecule has 0 unspecified atom stereocenters. The second-order valence-electron chi connectivity index (χ2n) is 4.10. The van der Waals surface area contributed by atoms with Crippen LogP contribution in [0.5, 0.6) is 5.75 Å². The minimum absolute atomic E-state index is 0.115. The average molecular weight is 398 g/mol. The van der Waals surface area contributed by atoms with Crippen molar-refractivity contribution in [1.29, 1.82) is 0 Å². The number of anilines is 1. The normalized spacial score (nSPS) is 10.0. The molecule has 0 aliphatic carbocycles. The Morgan fingerprint density at radius 3 is 2.48 bits per heavy atom. The molecule has 0 fully saturated rings. The minimum Gasteiger partial charge on any atom is -0.497 e. The first-order chi connectivity index (χ1) is 10.0. The fraction of sp³-hybridized carbons (Fsp3) is 0.0714. The third-order valence-corrected chi connectivity index (χ3v) is 3.69. The number of nitrogens with zero attached hydrogens (tertiary/aromatic N) is 1. The third kappa shape index (κ3) is 3.69. The molecule has 0 spiro atoms. The summed E-state index contributed by atoms with van der Waals surface area (Å²) in [6.07, 6.45) is 0. The molecule has 7 heteroatoms. The first-order valence-electron chi connectivity index (χ1n) is 5.90. The Hall–Kier alpha value is -2.16. The first kappa shape index (κ1) is 15.2. The summed E-state index contributed by atoms with van der Waals surface area (Å²) in [6, 6.07) is 11.0. The van der Waals surface area contributed by atoms with Crippen molar-refractivity contribution in [3.05, 3.63) is 61.7 Å². The van der Waals surface area contributed by atoms with Crippen LogP contribution in [-0.4, -0.2) is 17.9 Å². The lowest BCUT2D eigenvalue weighted by molar-refractivity contribution is -0.384. The molecule has 6 nitrogen and oxygen atoms in total. The van der Waals surface area contributed by atoms with Gasteiger partial charge in [-0.15, -0.1) is 0 Å². The number of rotatable bonds is 4. The SMILES string of the molecule is COc1ccc(NC(=O)c2cc([N+](=O)[O-])ccc2I)cc1. The highest BCUT2D eigenvalue weighted by atomic mass is 127. The summed E-state index contributed by atoms with van der Waals surface area (Å²) in [5, 5.41) is 13.5. The van der Waals surface area contributed by atoms with Crippen LogP contribution in [0.25, 0.3) is 0 Å². The van der Waals surface area contributed by atoms with Gasteiger partial charge >= 0.3 is 0 Å². The van der Waals surface area contributed by atoms with E-state index in [-0.39, 0.29) is 11.3 Å². The lowest BCUT2D eigenvalue weighted by Gasteiger charge is -2.07. The van der Waals surface area contributed by atoms with Crippen LogP contribution in [0.3, 0.4) is 0 Å². The maximum absolute atomic E-state index is 12.2. The number of nitro groups is 1. The van der Waals surface area contributed by atoms with Gasteiger partial charge in [-0.05, 0) is 52.9 Å². The van der Waals surface area contributed by atoms with Gasteiger partial charge in [0, 0.05) is 21.4 Å². The number of benzene rings is 2. The van der Waals surface area contributed by atoms with Crippen LogP contribution in [-0.2, 0) is 0 Å². The predicted molar refractivity (Wildman–Crippen MR) is 86.8 cm³/mol. The highest BCUT2D eigenvalue weighted by Crippen LogP contribution is 2.21. The second kappa shape index (κ2) is 6.53. The van der Waals surface area contributed by atoms with E-state index in [1.165, 1.54) is 12.1 Å². The highest BCUT2D eigenvalue weighted by Gasteiger charge is 2.15. The average Bonchev–Trinajstić information content (AvgIpc) is 2.48. The third-order valence-electron chi connectivity index (χ3n) is 2.75. The van der Waals surface area contributed by atoms with E-state index < -0.39 is 10.8 Å². The number of carbonyl (C=O) groups is 1. The van der Waals surface area contributed by atoms with Crippen LogP contribution in [0.1, 0.15) is 10.4 Å². The van der Waals surface area contributed by atoms with Gasteiger partial charge < -0.3 is 10.1 Å². The minimum atomic E-state index is -0.528. The maximum atomic E-state index is 12.2. The summed E-state index contributed by atoms with van der Waals surface area (Å²) in [4.78, 5) is 22.4. The molecule has 0 aliphatic rings. The van der Waals surface area contributed by atoms with Gasteiger partial charge in [0.15, 0.2) is 0 Å². The Labute approximate surface area is 134 Å².